The van der Waals surface area contributed by atoms with Crippen molar-refractivity contribution in [3.8, 4) is 11.4 Å². The first kappa shape index (κ1) is 13.2. The van der Waals surface area contributed by atoms with E-state index >= 15 is 0 Å². The Hall–Kier alpha value is -1.27. The fourth-order valence-electron chi connectivity index (χ4n) is 1.46. The molecule has 0 fully saturated rings. The lowest BCUT2D eigenvalue weighted by Crippen LogP contribution is -2.03. The number of pyridine rings is 1. The molecule has 0 saturated carbocycles. The van der Waals surface area contributed by atoms with Gasteiger partial charge in [0.05, 0.1) is 0 Å². The van der Waals surface area contributed by atoms with Crippen molar-refractivity contribution in [1.29, 1.82) is 0 Å². The zero-order valence-corrected chi connectivity index (χ0v) is 11.5. The Morgan fingerprint density at radius 2 is 2.28 bits per heavy atom. The number of hydrogen-bond acceptors (Lipinski definition) is 4. The quantitative estimate of drug-likeness (QED) is 0.517. The van der Waals surface area contributed by atoms with E-state index in [1.807, 2.05) is 11.6 Å². The first-order valence-corrected chi connectivity index (χ1v) is 7.01. The molecule has 2 rings (SSSR count). The minimum atomic E-state index is -0.127. The highest BCUT2D eigenvalue weighted by atomic mass is 35.5. The van der Waals surface area contributed by atoms with Gasteiger partial charge < -0.3 is 9.55 Å². The molecule has 0 radical (unpaired) electrons. The summed E-state index contributed by atoms with van der Waals surface area (Å²) in [6.45, 7) is 0. The molecule has 2 aromatic heterocycles. The second-order valence-electron chi connectivity index (χ2n) is 3.70. The summed E-state index contributed by atoms with van der Waals surface area (Å²) < 4.78 is 1.91. The molecule has 0 aliphatic rings. The number of thioether (sulfide) groups is 1. The van der Waals surface area contributed by atoms with Crippen LogP contribution in [-0.4, -0.2) is 31.4 Å². The lowest BCUT2D eigenvalue weighted by molar-refractivity contribution is 0.793. The molecule has 1 N–H and O–H groups in total. The molecule has 96 valence electrons. The average molecular weight is 285 g/mol. The second-order valence-corrected chi connectivity index (χ2v) is 5.14. The maximum atomic E-state index is 11.0. The van der Waals surface area contributed by atoms with Crippen molar-refractivity contribution in [2.24, 2.45) is 7.05 Å². The van der Waals surface area contributed by atoms with Crippen molar-refractivity contribution < 1.29 is 0 Å². The van der Waals surface area contributed by atoms with Crippen LogP contribution in [0.5, 0.6) is 0 Å². The van der Waals surface area contributed by atoms with Crippen LogP contribution < -0.4 is 5.56 Å². The van der Waals surface area contributed by atoms with Crippen molar-refractivity contribution in [3.05, 3.63) is 28.7 Å². The molecule has 0 aliphatic carbocycles. The Labute approximate surface area is 114 Å². The van der Waals surface area contributed by atoms with Crippen LogP contribution in [0.2, 0.25) is 0 Å². The van der Waals surface area contributed by atoms with Gasteiger partial charge in [-0.1, -0.05) is 11.8 Å². The third-order valence-electron chi connectivity index (χ3n) is 2.39. The van der Waals surface area contributed by atoms with E-state index in [2.05, 4.69) is 15.2 Å². The smallest absolute Gasteiger partial charge is 0.247 e. The van der Waals surface area contributed by atoms with E-state index in [-0.39, 0.29) is 5.56 Å². The van der Waals surface area contributed by atoms with E-state index in [0.717, 1.165) is 28.7 Å². The van der Waals surface area contributed by atoms with Crippen molar-refractivity contribution >= 4 is 23.4 Å². The largest absolute Gasteiger partial charge is 0.328 e. The second kappa shape index (κ2) is 6.06. The highest BCUT2D eigenvalue weighted by Gasteiger charge is 2.10. The van der Waals surface area contributed by atoms with E-state index < -0.39 is 0 Å². The number of hydrogen-bond donors (Lipinski definition) is 1. The minimum absolute atomic E-state index is 0.127. The molecule has 2 aromatic rings. The van der Waals surface area contributed by atoms with Crippen molar-refractivity contribution in [1.82, 2.24) is 19.7 Å². The first-order valence-electron chi connectivity index (χ1n) is 5.49. The van der Waals surface area contributed by atoms with Crippen LogP contribution in [0, 0.1) is 0 Å². The van der Waals surface area contributed by atoms with Crippen molar-refractivity contribution in [2.75, 3.05) is 11.6 Å². The summed E-state index contributed by atoms with van der Waals surface area (Å²) in [6.07, 6.45) is 2.58. The molecular formula is C11H13ClN4OS. The van der Waals surface area contributed by atoms with Gasteiger partial charge in [-0.25, -0.2) is 0 Å². The summed E-state index contributed by atoms with van der Waals surface area (Å²) in [5.74, 6) is 2.30. The Kier molecular flexibility index (Phi) is 4.43. The molecule has 0 spiro atoms. The highest BCUT2D eigenvalue weighted by Crippen LogP contribution is 2.21. The number of halogens is 1. The number of alkyl halides is 1. The number of nitrogens with zero attached hydrogens (tertiary/aromatic N) is 3. The summed E-state index contributed by atoms with van der Waals surface area (Å²) in [4.78, 5) is 13.6. The summed E-state index contributed by atoms with van der Waals surface area (Å²) >= 11 is 7.26. The van der Waals surface area contributed by atoms with Gasteiger partial charge in [-0.3, -0.25) is 4.79 Å². The molecule has 18 heavy (non-hydrogen) atoms. The SMILES string of the molecule is Cn1c(SCCCCl)nnc1-c1ccc(=O)[nH]c1. The summed E-state index contributed by atoms with van der Waals surface area (Å²) in [5, 5.41) is 9.11. The van der Waals surface area contributed by atoms with E-state index in [4.69, 9.17) is 11.6 Å². The van der Waals surface area contributed by atoms with Gasteiger partial charge in [-0.2, -0.15) is 0 Å². The molecule has 7 heteroatoms. The lowest BCUT2D eigenvalue weighted by atomic mass is 10.3. The number of H-pyrrole nitrogens is 1. The molecule has 0 atom stereocenters. The van der Waals surface area contributed by atoms with Crippen LogP contribution in [0.3, 0.4) is 0 Å². The summed E-state index contributed by atoms with van der Waals surface area (Å²) in [7, 11) is 1.91. The number of rotatable bonds is 5. The maximum Gasteiger partial charge on any atom is 0.247 e. The normalized spacial score (nSPS) is 10.8. The monoisotopic (exact) mass is 284 g/mol. The fourth-order valence-corrected chi connectivity index (χ4v) is 2.60. The van der Waals surface area contributed by atoms with E-state index in [1.165, 1.54) is 6.07 Å². The topological polar surface area (TPSA) is 63.6 Å². The van der Waals surface area contributed by atoms with Crippen LogP contribution in [0.15, 0.2) is 28.3 Å². The van der Waals surface area contributed by atoms with Crippen LogP contribution >= 0.6 is 23.4 Å². The van der Waals surface area contributed by atoms with Gasteiger partial charge >= 0.3 is 0 Å². The predicted octanol–water partition coefficient (Wildman–Crippen LogP) is 1.89. The van der Waals surface area contributed by atoms with Gasteiger partial charge in [0.1, 0.15) is 0 Å². The van der Waals surface area contributed by atoms with Gasteiger partial charge in [0.2, 0.25) is 5.56 Å². The number of aromatic amines is 1. The summed E-state index contributed by atoms with van der Waals surface area (Å²) in [5.41, 5.74) is 0.714. The van der Waals surface area contributed by atoms with Gasteiger partial charge in [-0.15, -0.1) is 21.8 Å². The van der Waals surface area contributed by atoms with Crippen LogP contribution in [0.25, 0.3) is 11.4 Å². The third-order valence-corrected chi connectivity index (χ3v) is 3.76. The Balaban J connectivity index is 2.19. The molecule has 0 unspecified atom stereocenters. The molecular weight excluding hydrogens is 272 g/mol. The van der Waals surface area contributed by atoms with Gasteiger partial charge in [0.25, 0.3) is 0 Å². The van der Waals surface area contributed by atoms with E-state index in [1.54, 1.807) is 24.0 Å². The van der Waals surface area contributed by atoms with Gasteiger partial charge in [0.15, 0.2) is 11.0 Å². The predicted molar refractivity (Wildman–Crippen MR) is 73.1 cm³/mol. The first-order chi connectivity index (χ1) is 8.72. The molecule has 0 amide bonds. The molecule has 0 bridgehead atoms. The third kappa shape index (κ3) is 2.94. The molecule has 0 saturated heterocycles. The van der Waals surface area contributed by atoms with Crippen LogP contribution in [0.4, 0.5) is 0 Å². The molecule has 5 nitrogen and oxygen atoms in total. The zero-order valence-electron chi connectivity index (χ0n) is 9.89. The van der Waals surface area contributed by atoms with E-state index in [0.29, 0.717) is 5.88 Å². The standard InChI is InChI=1S/C11H13ClN4OS/c1-16-10(8-3-4-9(17)13-7-8)14-15-11(16)18-6-2-5-12/h3-4,7H,2,5-6H2,1H3,(H,13,17). The summed E-state index contributed by atoms with van der Waals surface area (Å²) in [6, 6.07) is 3.21. The molecule has 2 heterocycles. The maximum absolute atomic E-state index is 11.0. The Morgan fingerprint density at radius 1 is 1.44 bits per heavy atom. The number of aromatic nitrogens is 4. The van der Waals surface area contributed by atoms with Gasteiger partial charge in [0, 0.05) is 36.5 Å². The van der Waals surface area contributed by atoms with E-state index in [9.17, 15) is 4.79 Å². The molecule has 0 aliphatic heterocycles. The lowest BCUT2D eigenvalue weighted by Gasteiger charge is -2.02. The van der Waals surface area contributed by atoms with Crippen LogP contribution in [-0.2, 0) is 7.05 Å². The average Bonchev–Trinajstić information content (AvgIpc) is 2.73. The molecule has 0 aromatic carbocycles. The van der Waals surface area contributed by atoms with Gasteiger partial charge in [-0.05, 0) is 12.5 Å². The fraction of sp³-hybridized carbons (Fsp3) is 0.364. The zero-order chi connectivity index (χ0) is 13.0. The Morgan fingerprint density at radius 3 is 2.94 bits per heavy atom. The van der Waals surface area contributed by atoms with Crippen molar-refractivity contribution in [3.63, 3.8) is 0 Å². The minimum Gasteiger partial charge on any atom is -0.328 e. The van der Waals surface area contributed by atoms with Crippen LogP contribution in [0.1, 0.15) is 6.42 Å². The Bertz CT molecular complexity index is 560. The number of nitrogens with one attached hydrogen (secondary N) is 1. The highest BCUT2D eigenvalue weighted by molar-refractivity contribution is 7.99. The van der Waals surface area contributed by atoms with Crippen molar-refractivity contribution in [2.45, 2.75) is 11.6 Å².